The number of phenols is 1. The molecule has 98 valence electrons. The highest BCUT2D eigenvalue weighted by Gasteiger charge is 2.15. The van der Waals surface area contributed by atoms with Crippen LogP contribution in [-0.4, -0.2) is 22.1 Å². The molecule has 1 heterocycles. The van der Waals surface area contributed by atoms with Crippen LogP contribution < -0.4 is 5.32 Å². The highest BCUT2D eigenvalue weighted by atomic mass is 79.9. The number of hydrogen-bond acceptors (Lipinski definition) is 4. The summed E-state index contributed by atoms with van der Waals surface area (Å²) in [5, 5.41) is 20.8. The molecule has 0 aliphatic carbocycles. The molecule has 0 radical (unpaired) electrons. The Morgan fingerprint density at radius 1 is 1.26 bits per heavy atom. The zero-order valence-corrected chi connectivity index (χ0v) is 11.0. The number of carboxylic acid groups (broad SMARTS) is 1. The van der Waals surface area contributed by atoms with Gasteiger partial charge in [0.2, 0.25) is 0 Å². The van der Waals surface area contributed by atoms with E-state index in [1.54, 1.807) is 0 Å². The summed E-state index contributed by atoms with van der Waals surface area (Å²) >= 11 is 3.05. The first kappa shape index (κ1) is 13.2. The van der Waals surface area contributed by atoms with E-state index in [0.29, 0.717) is 0 Å². The molecule has 2 aromatic rings. The van der Waals surface area contributed by atoms with Crippen LogP contribution in [0, 0.1) is 0 Å². The quantitative estimate of drug-likeness (QED) is 0.753. The van der Waals surface area contributed by atoms with Crippen molar-refractivity contribution in [2.45, 2.75) is 0 Å². The highest BCUT2D eigenvalue weighted by Crippen LogP contribution is 2.26. The van der Waals surface area contributed by atoms with Crippen LogP contribution in [0.2, 0.25) is 0 Å². The van der Waals surface area contributed by atoms with E-state index in [4.69, 9.17) is 9.52 Å². The Morgan fingerprint density at radius 3 is 2.58 bits per heavy atom. The Bertz CT molecular complexity index is 649. The molecular weight excluding hydrogens is 318 g/mol. The Hall–Kier alpha value is -2.28. The molecule has 0 spiro atoms. The van der Waals surface area contributed by atoms with Crippen molar-refractivity contribution in [3.05, 3.63) is 46.3 Å². The second-order valence-electron chi connectivity index (χ2n) is 3.60. The van der Waals surface area contributed by atoms with E-state index in [0.717, 1.165) is 0 Å². The summed E-state index contributed by atoms with van der Waals surface area (Å²) in [6, 6.07) is 5.05. The van der Waals surface area contributed by atoms with Crippen molar-refractivity contribution in [1.82, 2.24) is 0 Å². The number of carbonyl (C=O) groups is 2. The average molecular weight is 326 g/mol. The lowest BCUT2D eigenvalue weighted by atomic mass is 10.2. The monoisotopic (exact) mass is 325 g/mol. The van der Waals surface area contributed by atoms with Crippen LogP contribution in [-0.2, 0) is 0 Å². The standard InChI is InChI=1S/C12H8BrNO5/c13-10-7(3-4-19-10)11(16)14-8-5-6(12(17)18)1-2-9(8)15/h1-5,15H,(H,14,16)(H,17,18). The van der Waals surface area contributed by atoms with E-state index in [9.17, 15) is 14.7 Å². The number of benzene rings is 1. The fraction of sp³-hybridized carbons (Fsp3) is 0. The summed E-state index contributed by atoms with van der Waals surface area (Å²) in [5.41, 5.74) is 0.206. The second-order valence-corrected chi connectivity index (χ2v) is 4.32. The summed E-state index contributed by atoms with van der Waals surface area (Å²) in [7, 11) is 0. The summed E-state index contributed by atoms with van der Waals surface area (Å²) in [4.78, 5) is 22.7. The molecule has 0 atom stereocenters. The van der Waals surface area contributed by atoms with Crippen LogP contribution in [0.4, 0.5) is 5.69 Å². The zero-order chi connectivity index (χ0) is 14.0. The fourth-order valence-corrected chi connectivity index (χ4v) is 1.83. The maximum Gasteiger partial charge on any atom is 0.335 e. The first-order valence-corrected chi connectivity index (χ1v) is 5.89. The predicted octanol–water partition coefficient (Wildman–Crippen LogP) is 2.70. The van der Waals surface area contributed by atoms with Gasteiger partial charge < -0.3 is 19.9 Å². The Kier molecular flexibility index (Phi) is 3.57. The second kappa shape index (κ2) is 5.15. The molecule has 7 heteroatoms. The number of rotatable bonds is 3. The van der Waals surface area contributed by atoms with Crippen LogP contribution in [0.3, 0.4) is 0 Å². The van der Waals surface area contributed by atoms with Gasteiger partial charge in [0.1, 0.15) is 5.75 Å². The van der Waals surface area contributed by atoms with Crippen molar-refractivity contribution in [1.29, 1.82) is 0 Å². The van der Waals surface area contributed by atoms with Crippen molar-refractivity contribution < 1.29 is 24.2 Å². The number of carboxylic acids is 1. The molecule has 1 amide bonds. The smallest absolute Gasteiger partial charge is 0.335 e. The first-order valence-electron chi connectivity index (χ1n) is 5.09. The van der Waals surface area contributed by atoms with Gasteiger partial charge in [-0.05, 0) is 40.2 Å². The molecule has 0 saturated carbocycles. The van der Waals surface area contributed by atoms with Gasteiger partial charge >= 0.3 is 5.97 Å². The van der Waals surface area contributed by atoms with Crippen LogP contribution in [0.25, 0.3) is 0 Å². The number of hydrogen-bond donors (Lipinski definition) is 3. The minimum atomic E-state index is -1.15. The molecule has 2 rings (SSSR count). The first-order chi connectivity index (χ1) is 8.99. The molecule has 19 heavy (non-hydrogen) atoms. The van der Waals surface area contributed by atoms with Crippen LogP contribution >= 0.6 is 15.9 Å². The average Bonchev–Trinajstić information content (AvgIpc) is 2.78. The van der Waals surface area contributed by atoms with Gasteiger partial charge in [-0.25, -0.2) is 4.79 Å². The number of amides is 1. The molecule has 1 aromatic heterocycles. The lowest BCUT2D eigenvalue weighted by Gasteiger charge is -2.07. The summed E-state index contributed by atoms with van der Waals surface area (Å²) in [6.45, 7) is 0. The number of nitrogens with one attached hydrogen (secondary N) is 1. The molecule has 0 saturated heterocycles. The summed E-state index contributed by atoms with van der Waals surface area (Å²) < 4.78 is 5.16. The fourth-order valence-electron chi connectivity index (χ4n) is 1.41. The van der Waals surface area contributed by atoms with Gasteiger partial charge in [0, 0.05) is 0 Å². The molecule has 0 fully saturated rings. The third kappa shape index (κ3) is 2.76. The summed E-state index contributed by atoms with van der Waals surface area (Å²) in [5.74, 6) is -1.91. The van der Waals surface area contributed by atoms with Crippen LogP contribution in [0.5, 0.6) is 5.75 Å². The number of aromatic hydroxyl groups is 1. The van der Waals surface area contributed by atoms with Gasteiger partial charge in [-0.1, -0.05) is 0 Å². The van der Waals surface area contributed by atoms with Crippen LogP contribution in [0.15, 0.2) is 39.6 Å². The molecule has 0 unspecified atom stereocenters. The molecular formula is C12H8BrNO5. The molecule has 0 aliphatic heterocycles. The maximum absolute atomic E-state index is 11.9. The van der Waals surface area contributed by atoms with Gasteiger partial charge in [0.15, 0.2) is 4.67 Å². The van der Waals surface area contributed by atoms with Crippen LogP contribution in [0.1, 0.15) is 20.7 Å². The van der Waals surface area contributed by atoms with Gasteiger partial charge in [-0.2, -0.15) is 0 Å². The number of anilines is 1. The van der Waals surface area contributed by atoms with Crippen molar-refractivity contribution in [2.75, 3.05) is 5.32 Å². The number of furan rings is 1. The normalized spacial score (nSPS) is 10.2. The van der Waals surface area contributed by atoms with E-state index < -0.39 is 11.9 Å². The van der Waals surface area contributed by atoms with E-state index in [2.05, 4.69) is 21.2 Å². The maximum atomic E-state index is 11.9. The third-order valence-electron chi connectivity index (χ3n) is 2.35. The number of carbonyl (C=O) groups excluding carboxylic acids is 1. The minimum absolute atomic E-state index is 0.0120. The van der Waals surface area contributed by atoms with Gasteiger partial charge in [-0.3, -0.25) is 4.79 Å². The van der Waals surface area contributed by atoms with Gasteiger partial charge in [0.25, 0.3) is 5.91 Å². The lowest BCUT2D eigenvalue weighted by molar-refractivity contribution is 0.0696. The van der Waals surface area contributed by atoms with E-state index in [1.165, 1.54) is 30.5 Å². The Labute approximate surface area is 115 Å². The molecule has 3 N–H and O–H groups in total. The Balaban J connectivity index is 2.28. The topological polar surface area (TPSA) is 99.8 Å². The zero-order valence-electron chi connectivity index (χ0n) is 9.38. The third-order valence-corrected chi connectivity index (χ3v) is 2.97. The number of halogens is 1. The predicted molar refractivity (Wildman–Crippen MR) is 69.4 cm³/mol. The highest BCUT2D eigenvalue weighted by molar-refractivity contribution is 9.10. The molecule has 0 bridgehead atoms. The van der Waals surface area contributed by atoms with Crippen molar-refractivity contribution >= 4 is 33.5 Å². The van der Waals surface area contributed by atoms with E-state index in [-0.39, 0.29) is 27.2 Å². The van der Waals surface area contributed by atoms with Crippen molar-refractivity contribution in [3.8, 4) is 5.75 Å². The van der Waals surface area contributed by atoms with Crippen molar-refractivity contribution in [3.63, 3.8) is 0 Å². The number of aromatic carboxylic acids is 1. The number of phenolic OH excluding ortho intramolecular Hbond substituents is 1. The van der Waals surface area contributed by atoms with E-state index in [1.807, 2.05) is 0 Å². The SMILES string of the molecule is O=C(O)c1ccc(O)c(NC(=O)c2ccoc2Br)c1. The lowest BCUT2D eigenvalue weighted by Crippen LogP contribution is -2.12. The summed E-state index contributed by atoms with van der Waals surface area (Å²) in [6.07, 6.45) is 1.33. The Morgan fingerprint density at radius 2 is 2.00 bits per heavy atom. The van der Waals surface area contributed by atoms with Gasteiger partial charge in [0.05, 0.1) is 23.1 Å². The molecule has 1 aromatic carbocycles. The largest absolute Gasteiger partial charge is 0.506 e. The van der Waals surface area contributed by atoms with Crippen molar-refractivity contribution in [2.24, 2.45) is 0 Å². The van der Waals surface area contributed by atoms with E-state index >= 15 is 0 Å². The molecule has 0 aliphatic rings. The molecule has 6 nitrogen and oxygen atoms in total. The minimum Gasteiger partial charge on any atom is -0.506 e. The van der Waals surface area contributed by atoms with Gasteiger partial charge in [-0.15, -0.1) is 0 Å².